The predicted octanol–water partition coefficient (Wildman–Crippen LogP) is 1.82. The Kier molecular flexibility index (Phi) is 3.69. The molecule has 0 radical (unpaired) electrons. The third-order valence-corrected chi connectivity index (χ3v) is 2.34. The van der Waals surface area contributed by atoms with Crippen molar-refractivity contribution in [3.63, 3.8) is 0 Å². The van der Waals surface area contributed by atoms with Gasteiger partial charge in [-0.3, -0.25) is 0 Å². The largest absolute Gasteiger partial charge is 0.439 e. The average Bonchev–Trinajstić information content (AvgIpc) is 2.40. The lowest BCUT2D eigenvalue weighted by Crippen LogP contribution is -1.97. The smallest absolute Gasteiger partial charge is 0.219 e. The molecule has 0 atom stereocenters. The number of hydrogen-bond donors (Lipinski definition) is 2. The van der Waals surface area contributed by atoms with E-state index in [0.717, 1.165) is 11.1 Å². The van der Waals surface area contributed by atoms with Gasteiger partial charge < -0.3 is 15.6 Å². The molecule has 0 aliphatic heterocycles. The van der Waals surface area contributed by atoms with Gasteiger partial charge in [0.2, 0.25) is 5.88 Å². The summed E-state index contributed by atoms with van der Waals surface area (Å²) in [7, 11) is 0. The predicted molar refractivity (Wildman–Crippen MR) is 64.6 cm³/mol. The topological polar surface area (TPSA) is 68.4 Å². The molecule has 88 valence electrons. The molecule has 3 N–H and O–H groups in total. The standard InChI is InChI=1S/C13H14N2O2/c14-7-11-4-5-13(15-8-11)17-12-3-1-2-10(6-12)9-16/h1-6,8,16H,7,9,14H2. The summed E-state index contributed by atoms with van der Waals surface area (Å²) in [4.78, 5) is 4.14. The van der Waals surface area contributed by atoms with Crippen LogP contribution in [0.1, 0.15) is 11.1 Å². The quantitative estimate of drug-likeness (QED) is 0.840. The van der Waals surface area contributed by atoms with Crippen LogP contribution in [0.4, 0.5) is 0 Å². The zero-order chi connectivity index (χ0) is 12.1. The lowest BCUT2D eigenvalue weighted by Gasteiger charge is -2.06. The number of aromatic nitrogens is 1. The lowest BCUT2D eigenvalue weighted by molar-refractivity contribution is 0.281. The Morgan fingerprint density at radius 2 is 2.06 bits per heavy atom. The fraction of sp³-hybridized carbons (Fsp3) is 0.154. The van der Waals surface area contributed by atoms with Crippen LogP contribution in [0.5, 0.6) is 11.6 Å². The Balaban J connectivity index is 2.13. The van der Waals surface area contributed by atoms with E-state index in [-0.39, 0.29) is 6.61 Å². The Bertz CT molecular complexity index is 483. The highest BCUT2D eigenvalue weighted by Gasteiger charge is 2.00. The zero-order valence-electron chi connectivity index (χ0n) is 9.34. The Hall–Kier alpha value is -1.91. The molecule has 0 aliphatic rings. The highest BCUT2D eigenvalue weighted by Crippen LogP contribution is 2.20. The Labute approximate surface area is 99.7 Å². The molecular weight excluding hydrogens is 216 g/mol. The van der Waals surface area contributed by atoms with E-state index in [1.165, 1.54) is 0 Å². The highest BCUT2D eigenvalue weighted by atomic mass is 16.5. The maximum absolute atomic E-state index is 9.01. The summed E-state index contributed by atoms with van der Waals surface area (Å²) in [5, 5.41) is 9.01. The zero-order valence-corrected chi connectivity index (χ0v) is 9.34. The van der Waals surface area contributed by atoms with E-state index in [9.17, 15) is 0 Å². The molecule has 4 nitrogen and oxygen atoms in total. The normalized spacial score (nSPS) is 10.2. The first-order valence-corrected chi connectivity index (χ1v) is 5.34. The number of hydrogen-bond acceptors (Lipinski definition) is 4. The Morgan fingerprint density at radius 1 is 1.18 bits per heavy atom. The second-order valence-electron chi connectivity index (χ2n) is 3.62. The van der Waals surface area contributed by atoms with Gasteiger partial charge in [-0.05, 0) is 23.3 Å². The second-order valence-corrected chi connectivity index (χ2v) is 3.62. The molecule has 0 fully saturated rings. The minimum absolute atomic E-state index is 0.00323. The van der Waals surface area contributed by atoms with Gasteiger partial charge in [-0.25, -0.2) is 4.98 Å². The van der Waals surface area contributed by atoms with Crippen molar-refractivity contribution < 1.29 is 9.84 Å². The summed E-state index contributed by atoms with van der Waals surface area (Å²) >= 11 is 0. The highest BCUT2D eigenvalue weighted by molar-refractivity contribution is 5.31. The molecule has 2 rings (SSSR count). The van der Waals surface area contributed by atoms with E-state index in [1.807, 2.05) is 24.3 Å². The molecule has 17 heavy (non-hydrogen) atoms. The third kappa shape index (κ3) is 3.03. The van der Waals surface area contributed by atoms with Gasteiger partial charge in [-0.2, -0.15) is 0 Å². The summed E-state index contributed by atoms with van der Waals surface area (Å²) in [5.41, 5.74) is 7.25. The first-order chi connectivity index (χ1) is 8.31. The number of nitrogens with two attached hydrogens (primary N) is 1. The molecule has 0 saturated heterocycles. The van der Waals surface area contributed by atoms with Crippen molar-refractivity contribution in [3.05, 3.63) is 53.7 Å². The molecule has 0 bridgehead atoms. The summed E-state index contributed by atoms with van der Waals surface area (Å²) < 4.78 is 5.56. The van der Waals surface area contributed by atoms with Crippen LogP contribution >= 0.6 is 0 Å². The molecule has 1 aromatic carbocycles. The number of aliphatic hydroxyl groups is 1. The molecule has 4 heteroatoms. The molecule has 2 aromatic rings. The molecule has 0 spiro atoms. The van der Waals surface area contributed by atoms with Gasteiger partial charge in [-0.15, -0.1) is 0 Å². The minimum Gasteiger partial charge on any atom is -0.439 e. The fourth-order valence-electron chi connectivity index (χ4n) is 1.42. The van der Waals surface area contributed by atoms with Gasteiger partial charge in [0.1, 0.15) is 5.75 Å². The van der Waals surface area contributed by atoms with Crippen molar-refractivity contribution in [2.45, 2.75) is 13.2 Å². The summed E-state index contributed by atoms with van der Waals surface area (Å²) in [5.74, 6) is 1.17. The van der Waals surface area contributed by atoms with Gasteiger partial charge in [-0.1, -0.05) is 18.2 Å². The first kappa shape index (κ1) is 11.6. The molecule has 0 amide bonds. The first-order valence-electron chi connectivity index (χ1n) is 5.34. The monoisotopic (exact) mass is 230 g/mol. The van der Waals surface area contributed by atoms with E-state index in [4.69, 9.17) is 15.6 Å². The molecule has 0 aliphatic carbocycles. The van der Waals surface area contributed by atoms with Crippen molar-refractivity contribution in [3.8, 4) is 11.6 Å². The maximum Gasteiger partial charge on any atom is 0.219 e. The van der Waals surface area contributed by atoms with Gasteiger partial charge >= 0.3 is 0 Å². The maximum atomic E-state index is 9.01. The van der Waals surface area contributed by atoms with Gasteiger partial charge in [0.05, 0.1) is 6.61 Å². The molecular formula is C13H14N2O2. The number of rotatable bonds is 4. The summed E-state index contributed by atoms with van der Waals surface area (Å²) in [6.07, 6.45) is 1.69. The summed E-state index contributed by atoms with van der Waals surface area (Å²) in [6.45, 7) is 0.462. The van der Waals surface area contributed by atoms with Crippen LogP contribution in [0.25, 0.3) is 0 Å². The number of nitrogens with zero attached hydrogens (tertiary/aromatic N) is 1. The molecule has 0 unspecified atom stereocenters. The fourth-order valence-corrected chi connectivity index (χ4v) is 1.42. The van der Waals surface area contributed by atoms with Crippen LogP contribution in [0.2, 0.25) is 0 Å². The van der Waals surface area contributed by atoms with Gasteiger partial charge in [0.25, 0.3) is 0 Å². The van der Waals surface area contributed by atoms with Gasteiger partial charge in [0, 0.05) is 18.8 Å². The SMILES string of the molecule is NCc1ccc(Oc2cccc(CO)c2)nc1. The van der Waals surface area contributed by atoms with Crippen molar-refractivity contribution in [2.75, 3.05) is 0 Å². The minimum atomic E-state index is -0.00323. The van der Waals surface area contributed by atoms with Crippen LogP contribution < -0.4 is 10.5 Å². The van der Waals surface area contributed by atoms with E-state index in [2.05, 4.69) is 4.98 Å². The lowest BCUT2D eigenvalue weighted by atomic mass is 10.2. The van der Waals surface area contributed by atoms with E-state index in [0.29, 0.717) is 18.2 Å². The number of aliphatic hydroxyl groups excluding tert-OH is 1. The van der Waals surface area contributed by atoms with Crippen LogP contribution in [-0.2, 0) is 13.2 Å². The molecule has 1 aromatic heterocycles. The second kappa shape index (κ2) is 5.43. The summed E-state index contributed by atoms with van der Waals surface area (Å²) in [6, 6.07) is 10.9. The molecule has 1 heterocycles. The van der Waals surface area contributed by atoms with Crippen molar-refractivity contribution in [2.24, 2.45) is 5.73 Å². The Morgan fingerprint density at radius 3 is 2.71 bits per heavy atom. The van der Waals surface area contributed by atoms with E-state index in [1.54, 1.807) is 18.3 Å². The van der Waals surface area contributed by atoms with Crippen molar-refractivity contribution in [1.29, 1.82) is 0 Å². The van der Waals surface area contributed by atoms with E-state index >= 15 is 0 Å². The molecule has 0 saturated carbocycles. The van der Waals surface area contributed by atoms with Crippen LogP contribution in [0.3, 0.4) is 0 Å². The van der Waals surface area contributed by atoms with E-state index < -0.39 is 0 Å². The van der Waals surface area contributed by atoms with Crippen LogP contribution in [-0.4, -0.2) is 10.1 Å². The number of pyridine rings is 1. The number of ether oxygens (including phenoxy) is 1. The van der Waals surface area contributed by atoms with Gasteiger partial charge in [0.15, 0.2) is 0 Å². The number of benzene rings is 1. The van der Waals surface area contributed by atoms with Crippen molar-refractivity contribution >= 4 is 0 Å². The third-order valence-electron chi connectivity index (χ3n) is 2.34. The van der Waals surface area contributed by atoms with Crippen LogP contribution in [0, 0.1) is 0 Å². The van der Waals surface area contributed by atoms with Crippen molar-refractivity contribution in [1.82, 2.24) is 4.98 Å². The van der Waals surface area contributed by atoms with Crippen LogP contribution in [0.15, 0.2) is 42.6 Å². The average molecular weight is 230 g/mol.